The lowest BCUT2D eigenvalue weighted by Crippen LogP contribution is -2.48. The van der Waals surface area contributed by atoms with Crippen LogP contribution in [0.3, 0.4) is 0 Å². The Labute approximate surface area is 108 Å². The van der Waals surface area contributed by atoms with Crippen molar-refractivity contribution in [1.29, 1.82) is 0 Å². The van der Waals surface area contributed by atoms with Gasteiger partial charge in [-0.3, -0.25) is 9.69 Å². The van der Waals surface area contributed by atoms with E-state index in [4.69, 9.17) is 0 Å². The Kier molecular flexibility index (Phi) is 4.78. The zero-order chi connectivity index (χ0) is 12.8. The summed E-state index contributed by atoms with van der Waals surface area (Å²) in [6, 6.07) is 2.29. The van der Waals surface area contributed by atoms with Gasteiger partial charge in [0.25, 0.3) is 0 Å². The molecule has 0 radical (unpaired) electrons. The Morgan fingerprint density at radius 3 is 2.94 bits per heavy atom. The van der Waals surface area contributed by atoms with E-state index in [9.17, 15) is 4.79 Å². The van der Waals surface area contributed by atoms with Gasteiger partial charge in [-0.1, -0.05) is 0 Å². The molecular weight excluding hydrogens is 228 g/mol. The summed E-state index contributed by atoms with van der Waals surface area (Å²) in [6.45, 7) is 6.85. The van der Waals surface area contributed by atoms with Crippen molar-refractivity contribution in [2.75, 3.05) is 26.2 Å². The number of nitrogens with zero attached hydrogens (tertiary/aromatic N) is 1. The molecule has 1 aliphatic heterocycles. The molecule has 0 aliphatic carbocycles. The van der Waals surface area contributed by atoms with Crippen LogP contribution in [0.1, 0.15) is 18.9 Å². The number of carbonyl (C=O) groups is 1. The maximum atomic E-state index is 11.8. The number of amides is 1. The second-order valence-corrected chi connectivity index (χ2v) is 4.84. The molecule has 1 fully saturated rings. The van der Waals surface area contributed by atoms with Gasteiger partial charge in [-0.15, -0.1) is 0 Å². The summed E-state index contributed by atoms with van der Waals surface area (Å²) >= 11 is 0. The molecule has 1 atom stereocenters. The number of aromatic nitrogens is 1. The molecule has 5 heteroatoms. The molecule has 1 aromatic rings. The molecule has 0 spiro atoms. The van der Waals surface area contributed by atoms with Crippen molar-refractivity contribution in [3.8, 4) is 0 Å². The molecule has 0 saturated carbocycles. The molecular formula is C13H22N4O. The highest BCUT2D eigenvalue weighted by Crippen LogP contribution is 2.05. The Hall–Kier alpha value is -1.33. The third-order valence-electron chi connectivity index (χ3n) is 3.41. The van der Waals surface area contributed by atoms with Gasteiger partial charge >= 0.3 is 0 Å². The molecule has 0 bridgehead atoms. The van der Waals surface area contributed by atoms with Gasteiger partial charge in [-0.2, -0.15) is 0 Å². The van der Waals surface area contributed by atoms with Crippen LogP contribution in [0.25, 0.3) is 0 Å². The first-order valence-corrected chi connectivity index (χ1v) is 6.59. The van der Waals surface area contributed by atoms with Crippen molar-refractivity contribution in [2.24, 2.45) is 0 Å². The fraction of sp³-hybridized carbons (Fsp3) is 0.615. The Bertz CT molecular complexity index is 357. The predicted octanol–water partition coefficient (Wildman–Crippen LogP) is 0.315. The zero-order valence-electron chi connectivity index (χ0n) is 10.9. The van der Waals surface area contributed by atoms with Crippen LogP contribution in [0.4, 0.5) is 0 Å². The van der Waals surface area contributed by atoms with E-state index in [1.54, 1.807) is 0 Å². The van der Waals surface area contributed by atoms with E-state index >= 15 is 0 Å². The molecule has 100 valence electrons. The van der Waals surface area contributed by atoms with Gasteiger partial charge in [0, 0.05) is 57.6 Å². The standard InChI is InChI=1S/C13H22N4O/c1-11(17-6-4-14-5-7-17)8-13(18)16-10-12-2-3-15-9-12/h2-3,9,11,14-15H,4-8,10H2,1H3,(H,16,18). The summed E-state index contributed by atoms with van der Waals surface area (Å²) in [4.78, 5) is 17.2. The summed E-state index contributed by atoms with van der Waals surface area (Å²) < 4.78 is 0. The number of H-pyrrole nitrogens is 1. The highest BCUT2D eigenvalue weighted by molar-refractivity contribution is 5.76. The maximum Gasteiger partial charge on any atom is 0.221 e. The Balaban J connectivity index is 1.69. The van der Waals surface area contributed by atoms with E-state index in [0.29, 0.717) is 19.0 Å². The molecule has 0 aromatic carbocycles. The lowest BCUT2D eigenvalue weighted by Gasteiger charge is -2.32. The van der Waals surface area contributed by atoms with Gasteiger partial charge in [-0.05, 0) is 18.6 Å². The molecule has 1 amide bonds. The normalized spacial score (nSPS) is 18.5. The second kappa shape index (κ2) is 6.56. The van der Waals surface area contributed by atoms with Crippen molar-refractivity contribution in [2.45, 2.75) is 25.9 Å². The van der Waals surface area contributed by atoms with Crippen molar-refractivity contribution in [3.63, 3.8) is 0 Å². The SMILES string of the molecule is CC(CC(=O)NCc1cc[nH]c1)N1CCNCC1. The van der Waals surface area contributed by atoms with Crippen LogP contribution in [0.2, 0.25) is 0 Å². The molecule has 1 saturated heterocycles. The quantitative estimate of drug-likeness (QED) is 0.705. The lowest BCUT2D eigenvalue weighted by molar-refractivity contribution is -0.122. The molecule has 1 unspecified atom stereocenters. The monoisotopic (exact) mass is 250 g/mol. The summed E-state index contributed by atoms with van der Waals surface area (Å²) in [5, 5.41) is 6.27. The van der Waals surface area contributed by atoms with Crippen LogP contribution < -0.4 is 10.6 Å². The molecule has 3 N–H and O–H groups in total. The van der Waals surface area contributed by atoms with Crippen LogP contribution >= 0.6 is 0 Å². The van der Waals surface area contributed by atoms with Crippen molar-refractivity contribution < 1.29 is 4.79 Å². The number of nitrogens with one attached hydrogen (secondary N) is 3. The number of rotatable bonds is 5. The van der Waals surface area contributed by atoms with Gasteiger partial charge in [0.15, 0.2) is 0 Å². The van der Waals surface area contributed by atoms with Crippen LogP contribution in [0.5, 0.6) is 0 Å². The summed E-state index contributed by atoms with van der Waals surface area (Å²) in [5.41, 5.74) is 1.11. The third kappa shape index (κ3) is 3.85. The largest absolute Gasteiger partial charge is 0.367 e. The zero-order valence-corrected chi connectivity index (χ0v) is 10.9. The summed E-state index contributed by atoms with van der Waals surface area (Å²) in [5.74, 6) is 0.127. The highest BCUT2D eigenvalue weighted by atomic mass is 16.1. The van der Waals surface area contributed by atoms with E-state index in [-0.39, 0.29) is 5.91 Å². The first-order chi connectivity index (χ1) is 8.75. The van der Waals surface area contributed by atoms with Gasteiger partial charge in [-0.25, -0.2) is 0 Å². The van der Waals surface area contributed by atoms with Crippen LogP contribution in [-0.2, 0) is 11.3 Å². The summed E-state index contributed by atoms with van der Waals surface area (Å²) in [7, 11) is 0. The van der Waals surface area contributed by atoms with Gasteiger partial charge < -0.3 is 15.6 Å². The highest BCUT2D eigenvalue weighted by Gasteiger charge is 2.18. The van der Waals surface area contributed by atoms with Gasteiger partial charge in [0.1, 0.15) is 0 Å². The lowest BCUT2D eigenvalue weighted by atomic mass is 10.1. The number of hydrogen-bond donors (Lipinski definition) is 3. The Morgan fingerprint density at radius 1 is 1.50 bits per heavy atom. The molecule has 5 nitrogen and oxygen atoms in total. The van der Waals surface area contributed by atoms with Crippen LogP contribution in [0.15, 0.2) is 18.5 Å². The number of piperazine rings is 1. The average Bonchev–Trinajstić information content (AvgIpc) is 2.90. The van der Waals surface area contributed by atoms with Gasteiger partial charge in [0.2, 0.25) is 5.91 Å². The van der Waals surface area contributed by atoms with Crippen molar-refractivity contribution in [3.05, 3.63) is 24.0 Å². The third-order valence-corrected chi connectivity index (χ3v) is 3.41. The number of hydrogen-bond acceptors (Lipinski definition) is 3. The number of carbonyl (C=O) groups excluding carboxylic acids is 1. The smallest absolute Gasteiger partial charge is 0.221 e. The minimum atomic E-state index is 0.127. The van der Waals surface area contributed by atoms with Crippen LogP contribution in [0, 0.1) is 0 Å². The minimum absolute atomic E-state index is 0.127. The topological polar surface area (TPSA) is 60.2 Å². The second-order valence-electron chi connectivity index (χ2n) is 4.84. The fourth-order valence-corrected chi connectivity index (χ4v) is 2.26. The maximum absolute atomic E-state index is 11.8. The van der Waals surface area contributed by atoms with E-state index in [1.165, 1.54) is 0 Å². The van der Waals surface area contributed by atoms with Crippen LogP contribution in [-0.4, -0.2) is 48.0 Å². The first kappa shape index (κ1) is 13.1. The van der Waals surface area contributed by atoms with Gasteiger partial charge in [0.05, 0.1) is 0 Å². The Morgan fingerprint density at radius 2 is 2.28 bits per heavy atom. The van der Waals surface area contributed by atoms with E-state index < -0.39 is 0 Å². The average molecular weight is 250 g/mol. The van der Waals surface area contributed by atoms with E-state index in [1.807, 2.05) is 18.5 Å². The predicted molar refractivity (Wildman–Crippen MR) is 71.2 cm³/mol. The molecule has 1 aromatic heterocycles. The first-order valence-electron chi connectivity index (χ1n) is 6.59. The molecule has 18 heavy (non-hydrogen) atoms. The molecule has 2 rings (SSSR count). The molecule has 1 aliphatic rings. The summed E-state index contributed by atoms with van der Waals surface area (Å²) in [6.07, 6.45) is 4.34. The van der Waals surface area contributed by atoms with Crippen molar-refractivity contribution >= 4 is 5.91 Å². The van der Waals surface area contributed by atoms with E-state index in [0.717, 1.165) is 31.7 Å². The molecule has 2 heterocycles. The van der Waals surface area contributed by atoms with Crippen molar-refractivity contribution in [1.82, 2.24) is 20.5 Å². The fourth-order valence-electron chi connectivity index (χ4n) is 2.26. The van der Waals surface area contributed by atoms with E-state index in [2.05, 4.69) is 27.4 Å². The number of aromatic amines is 1. The minimum Gasteiger partial charge on any atom is -0.367 e.